The highest BCUT2D eigenvalue weighted by Gasteiger charge is 2.21. The molecule has 0 aromatic heterocycles. The normalized spacial score (nSPS) is 28.5. The van der Waals surface area contributed by atoms with Gasteiger partial charge in [0.1, 0.15) is 4.83 Å². The highest BCUT2D eigenvalue weighted by atomic mass is 79.9. The maximum absolute atomic E-state index is 11.2. The third kappa shape index (κ3) is 4.54. The van der Waals surface area contributed by atoms with Crippen LogP contribution in [0, 0.1) is 11.8 Å². The van der Waals surface area contributed by atoms with Gasteiger partial charge in [-0.25, -0.2) is 0 Å². The number of ether oxygens (including phenoxy) is 1. The van der Waals surface area contributed by atoms with Crippen LogP contribution < -0.4 is 0 Å². The Kier molecular flexibility index (Phi) is 5.65. The smallest absolute Gasteiger partial charge is 0.319 e. The molecule has 2 nitrogen and oxygen atoms in total. The Morgan fingerprint density at radius 3 is 2.53 bits per heavy atom. The molecule has 1 rings (SSSR count). The average Bonchev–Trinajstić information content (AvgIpc) is 2.26. The van der Waals surface area contributed by atoms with Crippen LogP contribution in [0.2, 0.25) is 0 Å². The van der Waals surface area contributed by atoms with Crippen LogP contribution in [0.15, 0.2) is 0 Å². The number of hydrogen-bond donors (Lipinski definition) is 0. The van der Waals surface area contributed by atoms with Gasteiger partial charge < -0.3 is 4.74 Å². The van der Waals surface area contributed by atoms with Crippen LogP contribution in [0.25, 0.3) is 0 Å². The molecule has 1 aliphatic carbocycles. The van der Waals surface area contributed by atoms with Crippen LogP contribution in [0.3, 0.4) is 0 Å². The van der Waals surface area contributed by atoms with Crippen LogP contribution in [0.1, 0.15) is 45.4 Å². The van der Waals surface area contributed by atoms with Crippen molar-refractivity contribution < 1.29 is 9.53 Å². The number of carbonyl (C=O) groups excluding carboxylic acids is 1. The molecule has 1 saturated carbocycles. The molecule has 1 fully saturated rings. The Labute approximate surface area is 101 Å². The summed E-state index contributed by atoms with van der Waals surface area (Å²) >= 11 is 3.37. The minimum Gasteiger partial charge on any atom is -0.468 e. The molecule has 0 aromatic carbocycles. The van der Waals surface area contributed by atoms with Crippen molar-refractivity contribution in [2.45, 2.75) is 50.3 Å². The Balaban J connectivity index is 2.17. The summed E-state index contributed by atoms with van der Waals surface area (Å²) in [7, 11) is 1.44. The lowest BCUT2D eigenvalue weighted by atomic mass is 9.81. The van der Waals surface area contributed by atoms with Crippen LogP contribution in [-0.4, -0.2) is 17.9 Å². The van der Waals surface area contributed by atoms with Gasteiger partial charge in [0, 0.05) is 0 Å². The molecular weight excluding hydrogens is 256 g/mol. The van der Waals surface area contributed by atoms with Gasteiger partial charge in [-0.05, 0) is 24.7 Å². The summed E-state index contributed by atoms with van der Waals surface area (Å²) in [5, 5.41) is 0. The average molecular weight is 277 g/mol. The number of esters is 1. The van der Waals surface area contributed by atoms with Gasteiger partial charge in [0.2, 0.25) is 0 Å². The first-order valence-corrected chi connectivity index (χ1v) is 6.77. The maximum atomic E-state index is 11.2. The van der Waals surface area contributed by atoms with Crippen molar-refractivity contribution in [3.05, 3.63) is 0 Å². The summed E-state index contributed by atoms with van der Waals surface area (Å²) in [5.41, 5.74) is 0. The molecule has 0 N–H and O–H groups in total. The maximum Gasteiger partial charge on any atom is 0.319 e. The molecule has 0 aromatic rings. The standard InChI is InChI=1S/C12H21BrO2/c1-9-3-5-10(6-4-9)7-8-11(13)12(14)15-2/h9-11H,3-8H2,1-2H3. The van der Waals surface area contributed by atoms with E-state index >= 15 is 0 Å². The minimum atomic E-state index is -0.140. The zero-order valence-corrected chi connectivity index (χ0v) is 11.3. The predicted molar refractivity (Wildman–Crippen MR) is 65.1 cm³/mol. The number of hydrogen-bond acceptors (Lipinski definition) is 2. The molecule has 0 saturated heterocycles. The predicted octanol–water partition coefficient (Wildman–Crippen LogP) is 3.53. The Hall–Kier alpha value is -0.0500. The quantitative estimate of drug-likeness (QED) is 0.580. The van der Waals surface area contributed by atoms with Crippen LogP contribution in [0.5, 0.6) is 0 Å². The lowest BCUT2D eigenvalue weighted by Crippen LogP contribution is -2.18. The first kappa shape index (κ1) is 13.0. The lowest BCUT2D eigenvalue weighted by molar-refractivity contribution is -0.139. The molecule has 0 radical (unpaired) electrons. The third-order valence-electron chi connectivity index (χ3n) is 3.42. The van der Waals surface area contributed by atoms with Gasteiger partial charge in [0.15, 0.2) is 0 Å². The van der Waals surface area contributed by atoms with Crippen molar-refractivity contribution in [1.82, 2.24) is 0 Å². The largest absolute Gasteiger partial charge is 0.468 e. The fraction of sp³-hybridized carbons (Fsp3) is 0.917. The van der Waals surface area contributed by atoms with Gasteiger partial charge in [-0.3, -0.25) is 4.79 Å². The van der Waals surface area contributed by atoms with E-state index in [2.05, 4.69) is 27.6 Å². The van der Waals surface area contributed by atoms with E-state index in [1.54, 1.807) is 0 Å². The fourth-order valence-corrected chi connectivity index (χ4v) is 2.70. The lowest BCUT2D eigenvalue weighted by Gasteiger charge is -2.26. The Morgan fingerprint density at radius 2 is 2.00 bits per heavy atom. The van der Waals surface area contributed by atoms with Gasteiger partial charge in [0.25, 0.3) is 0 Å². The summed E-state index contributed by atoms with van der Waals surface area (Å²) < 4.78 is 4.68. The summed E-state index contributed by atoms with van der Waals surface area (Å²) in [6.45, 7) is 2.33. The van der Waals surface area contributed by atoms with Crippen LogP contribution in [-0.2, 0) is 9.53 Å². The Bertz CT molecular complexity index is 198. The van der Waals surface area contributed by atoms with E-state index in [0.29, 0.717) is 0 Å². The Morgan fingerprint density at radius 1 is 1.40 bits per heavy atom. The monoisotopic (exact) mass is 276 g/mol. The molecule has 0 aliphatic heterocycles. The van der Waals surface area contributed by atoms with Gasteiger partial charge in [0.05, 0.1) is 7.11 Å². The van der Waals surface area contributed by atoms with E-state index in [9.17, 15) is 4.79 Å². The number of carbonyl (C=O) groups is 1. The summed E-state index contributed by atoms with van der Waals surface area (Å²) in [4.78, 5) is 11.1. The fourth-order valence-electron chi connectivity index (χ4n) is 2.25. The van der Waals surface area contributed by atoms with Gasteiger partial charge in [-0.2, -0.15) is 0 Å². The van der Waals surface area contributed by atoms with Crippen molar-refractivity contribution >= 4 is 21.9 Å². The molecule has 0 bridgehead atoms. The number of methoxy groups -OCH3 is 1. The van der Waals surface area contributed by atoms with Crippen molar-refractivity contribution in [3.8, 4) is 0 Å². The van der Waals surface area contributed by atoms with Crippen LogP contribution >= 0.6 is 15.9 Å². The molecule has 15 heavy (non-hydrogen) atoms. The van der Waals surface area contributed by atoms with Gasteiger partial charge in [-0.1, -0.05) is 48.5 Å². The topological polar surface area (TPSA) is 26.3 Å². The van der Waals surface area contributed by atoms with E-state index in [-0.39, 0.29) is 10.8 Å². The van der Waals surface area contributed by atoms with Gasteiger partial charge in [-0.15, -0.1) is 0 Å². The third-order valence-corrected chi connectivity index (χ3v) is 4.25. The van der Waals surface area contributed by atoms with Crippen molar-refractivity contribution in [1.29, 1.82) is 0 Å². The first-order chi connectivity index (χ1) is 7.13. The molecule has 88 valence electrons. The molecule has 1 atom stereocenters. The SMILES string of the molecule is COC(=O)C(Br)CCC1CCC(C)CC1. The van der Waals surface area contributed by atoms with E-state index in [1.807, 2.05) is 0 Å². The first-order valence-electron chi connectivity index (χ1n) is 5.85. The number of alkyl halides is 1. The van der Waals surface area contributed by atoms with Crippen molar-refractivity contribution in [2.24, 2.45) is 11.8 Å². The molecule has 0 amide bonds. The molecule has 1 unspecified atom stereocenters. The summed E-state index contributed by atoms with van der Waals surface area (Å²) in [6.07, 6.45) is 7.44. The highest BCUT2D eigenvalue weighted by molar-refractivity contribution is 9.10. The summed E-state index contributed by atoms with van der Waals surface area (Å²) in [5.74, 6) is 1.59. The number of halogens is 1. The van der Waals surface area contributed by atoms with E-state index in [4.69, 9.17) is 0 Å². The second-order valence-corrected chi connectivity index (χ2v) is 5.80. The van der Waals surface area contributed by atoms with E-state index in [0.717, 1.165) is 24.7 Å². The second-order valence-electron chi connectivity index (χ2n) is 4.69. The minimum absolute atomic E-state index is 0.109. The van der Waals surface area contributed by atoms with Crippen molar-refractivity contribution in [2.75, 3.05) is 7.11 Å². The van der Waals surface area contributed by atoms with E-state index in [1.165, 1.54) is 32.8 Å². The molecule has 1 aliphatic rings. The molecule has 0 heterocycles. The van der Waals surface area contributed by atoms with Crippen molar-refractivity contribution in [3.63, 3.8) is 0 Å². The zero-order chi connectivity index (χ0) is 11.3. The second kappa shape index (κ2) is 6.51. The summed E-state index contributed by atoms with van der Waals surface area (Å²) in [6, 6.07) is 0. The number of rotatable bonds is 4. The molecule has 3 heteroatoms. The molecular formula is C12H21BrO2. The van der Waals surface area contributed by atoms with Crippen LogP contribution in [0.4, 0.5) is 0 Å². The van der Waals surface area contributed by atoms with E-state index < -0.39 is 0 Å². The van der Waals surface area contributed by atoms with Gasteiger partial charge >= 0.3 is 5.97 Å². The zero-order valence-electron chi connectivity index (χ0n) is 9.67. The highest BCUT2D eigenvalue weighted by Crippen LogP contribution is 2.32. The molecule has 0 spiro atoms.